The summed E-state index contributed by atoms with van der Waals surface area (Å²) >= 11 is 0. The van der Waals surface area contributed by atoms with Crippen molar-refractivity contribution in [3.05, 3.63) is 53.6 Å². The van der Waals surface area contributed by atoms with Crippen LogP contribution in [-0.2, 0) is 11.2 Å². The first-order chi connectivity index (χ1) is 11.2. The van der Waals surface area contributed by atoms with Gasteiger partial charge in [-0.2, -0.15) is 0 Å². The highest BCUT2D eigenvalue weighted by atomic mass is 16.4. The van der Waals surface area contributed by atoms with E-state index < -0.39 is 18.0 Å². The third kappa shape index (κ3) is 5.85. The molecule has 0 radical (unpaired) electrons. The van der Waals surface area contributed by atoms with Crippen molar-refractivity contribution in [1.82, 2.24) is 0 Å². The van der Waals surface area contributed by atoms with Crippen LogP contribution in [0.5, 0.6) is 17.2 Å². The Labute approximate surface area is 137 Å². The van der Waals surface area contributed by atoms with Crippen molar-refractivity contribution >= 4 is 11.9 Å². The molecule has 0 fully saturated rings. The van der Waals surface area contributed by atoms with E-state index in [4.69, 9.17) is 31.3 Å². The number of carboxylic acid groups (broad SMARTS) is 2. The molecule has 24 heavy (non-hydrogen) atoms. The molecule has 0 amide bonds. The monoisotopic (exact) mass is 335 g/mol. The summed E-state index contributed by atoms with van der Waals surface area (Å²) in [6.45, 7) is 0. The van der Waals surface area contributed by atoms with Crippen LogP contribution in [0.15, 0.2) is 42.5 Å². The SMILES string of the molecule is NC(Cc1ccc(O)c(O)c1)C(=O)O.O=C(O)c1ccc(O)cc1. The van der Waals surface area contributed by atoms with Crippen molar-refractivity contribution in [2.45, 2.75) is 12.5 Å². The van der Waals surface area contributed by atoms with Gasteiger partial charge in [-0.05, 0) is 48.4 Å². The number of carboxylic acids is 2. The smallest absolute Gasteiger partial charge is 0.335 e. The van der Waals surface area contributed by atoms with Gasteiger partial charge in [-0.1, -0.05) is 6.07 Å². The normalized spacial score (nSPS) is 11.0. The van der Waals surface area contributed by atoms with Gasteiger partial charge < -0.3 is 31.3 Å². The Morgan fingerprint density at radius 1 is 0.917 bits per heavy atom. The summed E-state index contributed by atoms with van der Waals surface area (Å²) in [7, 11) is 0. The molecule has 8 nitrogen and oxygen atoms in total. The second-order valence-corrected chi connectivity index (χ2v) is 4.82. The first kappa shape index (κ1) is 18.8. The molecule has 0 aliphatic heterocycles. The molecule has 2 aromatic carbocycles. The van der Waals surface area contributed by atoms with E-state index in [1.807, 2.05) is 0 Å². The summed E-state index contributed by atoms with van der Waals surface area (Å²) in [5.74, 6) is -2.53. The fourth-order valence-electron chi connectivity index (χ4n) is 1.64. The van der Waals surface area contributed by atoms with Crippen LogP contribution in [0.4, 0.5) is 0 Å². The molecule has 2 aromatic rings. The Morgan fingerprint density at radius 2 is 1.50 bits per heavy atom. The van der Waals surface area contributed by atoms with Gasteiger partial charge in [0, 0.05) is 0 Å². The number of aromatic hydroxyl groups is 3. The fourth-order valence-corrected chi connectivity index (χ4v) is 1.64. The standard InChI is InChI=1S/C9H11NO4.C7H6O3/c10-6(9(13)14)3-5-1-2-7(11)8(12)4-5;8-6-3-1-5(2-4-6)7(9)10/h1-2,4,6,11-12H,3,10H2,(H,13,14);1-4,8H,(H,9,10). The van der Waals surface area contributed by atoms with E-state index in [0.29, 0.717) is 5.56 Å². The number of hydrogen-bond donors (Lipinski definition) is 6. The minimum absolute atomic E-state index is 0.0741. The molecule has 8 heteroatoms. The summed E-state index contributed by atoms with van der Waals surface area (Å²) in [5.41, 5.74) is 6.04. The number of aliphatic carboxylic acids is 1. The molecule has 0 aliphatic rings. The zero-order valence-electron chi connectivity index (χ0n) is 12.5. The fraction of sp³-hybridized carbons (Fsp3) is 0.125. The zero-order chi connectivity index (χ0) is 18.3. The summed E-state index contributed by atoms with van der Waals surface area (Å²) in [6, 6.07) is 8.45. The van der Waals surface area contributed by atoms with Crippen LogP contribution >= 0.6 is 0 Å². The lowest BCUT2D eigenvalue weighted by Gasteiger charge is -2.06. The topological polar surface area (TPSA) is 161 Å². The Bertz CT molecular complexity index is 713. The molecule has 0 aliphatic carbocycles. The van der Waals surface area contributed by atoms with Gasteiger partial charge in [-0.25, -0.2) is 4.79 Å². The molecule has 0 spiro atoms. The number of nitrogens with two attached hydrogens (primary N) is 1. The highest BCUT2D eigenvalue weighted by Gasteiger charge is 2.12. The summed E-state index contributed by atoms with van der Waals surface area (Å²) in [4.78, 5) is 20.6. The van der Waals surface area contributed by atoms with E-state index in [9.17, 15) is 9.59 Å². The van der Waals surface area contributed by atoms with E-state index in [0.717, 1.165) is 0 Å². The average Bonchev–Trinajstić information content (AvgIpc) is 2.52. The van der Waals surface area contributed by atoms with Gasteiger partial charge in [-0.15, -0.1) is 0 Å². The van der Waals surface area contributed by atoms with E-state index in [1.165, 1.54) is 42.5 Å². The van der Waals surface area contributed by atoms with Crippen LogP contribution in [0.25, 0.3) is 0 Å². The Morgan fingerprint density at radius 3 is 1.96 bits per heavy atom. The van der Waals surface area contributed by atoms with Crippen molar-refractivity contribution in [3.63, 3.8) is 0 Å². The number of hydrogen-bond acceptors (Lipinski definition) is 6. The molecule has 0 bridgehead atoms. The Balaban J connectivity index is 0.000000254. The maximum Gasteiger partial charge on any atom is 0.335 e. The molecule has 128 valence electrons. The van der Waals surface area contributed by atoms with Gasteiger partial charge in [0.1, 0.15) is 11.8 Å². The van der Waals surface area contributed by atoms with Gasteiger partial charge in [0.25, 0.3) is 0 Å². The molecule has 0 heterocycles. The lowest BCUT2D eigenvalue weighted by Crippen LogP contribution is -2.32. The maximum atomic E-state index is 10.4. The van der Waals surface area contributed by atoms with Crippen LogP contribution in [0.3, 0.4) is 0 Å². The number of phenolic OH excluding ortho intramolecular Hbond substituents is 3. The van der Waals surface area contributed by atoms with Crippen LogP contribution < -0.4 is 5.73 Å². The molecule has 0 saturated heterocycles. The van der Waals surface area contributed by atoms with Crippen molar-refractivity contribution in [2.75, 3.05) is 0 Å². The summed E-state index contributed by atoms with van der Waals surface area (Å²) in [5, 5.41) is 43.8. The first-order valence-corrected chi connectivity index (χ1v) is 6.72. The predicted molar refractivity (Wildman–Crippen MR) is 84.2 cm³/mol. The van der Waals surface area contributed by atoms with Crippen LogP contribution in [-0.4, -0.2) is 43.5 Å². The Kier molecular flexibility index (Phi) is 6.57. The highest BCUT2D eigenvalue weighted by molar-refractivity contribution is 5.87. The van der Waals surface area contributed by atoms with Gasteiger partial charge in [0.05, 0.1) is 5.56 Å². The average molecular weight is 335 g/mol. The summed E-state index contributed by atoms with van der Waals surface area (Å²) < 4.78 is 0. The molecular formula is C16H17NO7. The van der Waals surface area contributed by atoms with Gasteiger partial charge in [-0.3, -0.25) is 4.79 Å². The van der Waals surface area contributed by atoms with Crippen molar-refractivity contribution in [1.29, 1.82) is 0 Å². The van der Waals surface area contributed by atoms with Crippen LogP contribution in [0.1, 0.15) is 15.9 Å². The van der Waals surface area contributed by atoms with Gasteiger partial charge in [0.15, 0.2) is 11.5 Å². The molecule has 0 aromatic heterocycles. The van der Waals surface area contributed by atoms with Crippen molar-refractivity contribution < 1.29 is 35.1 Å². The lowest BCUT2D eigenvalue weighted by molar-refractivity contribution is -0.138. The molecule has 1 unspecified atom stereocenters. The maximum absolute atomic E-state index is 10.4. The number of rotatable bonds is 4. The number of carbonyl (C=O) groups is 2. The van der Waals surface area contributed by atoms with Crippen LogP contribution in [0, 0.1) is 0 Å². The van der Waals surface area contributed by atoms with E-state index in [-0.39, 0.29) is 29.2 Å². The number of benzene rings is 2. The number of aromatic carboxylic acids is 1. The molecule has 1 atom stereocenters. The van der Waals surface area contributed by atoms with E-state index in [2.05, 4.69) is 0 Å². The molecule has 7 N–H and O–H groups in total. The Hall–Kier alpha value is -3.26. The third-order valence-electron chi connectivity index (χ3n) is 2.93. The van der Waals surface area contributed by atoms with E-state index >= 15 is 0 Å². The van der Waals surface area contributed by atoms with Crippen molar-refractivity contribution in [3.8, 4) is 17.2 Å². The third-order valence-corrected chi connectivity index (χ3v) is 2.93. The zero-order valence-corrected chi connectivity index (χ0v) is 12.5. The largest absolute Gasteiger partial charge is 0.508 e. The second-order valence-electron chi connectivity index (χ2n) is 4.82. The molecule has 0 saturated carbocycles. The number of phenols is 3. The minimum Gasteiger partial charge on any atom is -0.508 e. The first-order valence-electron chi connectivity index (χ1n) is 6.72. The van der Waals surface area contributed by atoms with Crippen LogP contribution in [0.2, 0.25) is 0 Å². The summed E-state index contributed by atoms with van der Waals surface area (Å²) in [6.07, 6.45) is 0.114. The predicted octanol–water partition coefficient (Wildman–Crippen LogP) is 1.14. The molecular weight excluding hydrogens is 318 g/mol. The van der Waals surface area contributed by atoms with Gasteiger partial charge >= 0.3 is 11.9 Å². The molecule has 2 rings (SSSR count). The second kappa shape index (κ2) is 8.39. The van der Waals surface area contributed by atoms with Gasteiger partial charge in [0.2, 0.25) is 0 Å². The quantitative estimate of drug-likeness (QED) is 0.453. The minimum atomic E-state index is -1.10. The highest BCUT2D eigenvalue weighted by Crippen LogP contribution is 2.25. The van der Waals surface area contributed by atoms with Crippen molar-refractivity contribution in [2.24, 2.45) is 5.73 Å². The lowest BCUT2D eigenvalue weighted by atomic mass is 10.1. The van der Waals surface area contributed by atoms with E-state index in [1.54, 1.807) is 0 Å².